The molecule has 1 N–H and O–H groups in total. The summed E-state index contributed by atoms with van der Waals surface area (Å²) >= 11 is 2.92. The quantitative estimate of drug-likeness (QED) is 0.384. The van der Waals surface area contributed by atoms with Crippen molar-refractivity contribution in [3.63, 3.8) is 0 Å². The van der Waals surface area contributed by atoms with E-state index < -0.39 is 0 Å². The van der Waals surface area contributed by atoms with Crippen molar-refractivity contribution in [1.29, 1.82) is 0 Å². The highest BCUT2D eigenvalue weighted by Gasteiger charge is 2.21. The van der Waals surface area contributed by atoms with Crippen LogP contribution >= 0.6 is 23.1 Å². The first-order valence-corrected chi connectivity index (χ1v) is 11.7. The van der Waals surface area contributed by atoms with E-state index >= 15 is 0 Å². The maximum absolute atomic E-state index is 13.0. The fourth-order valence-corrected chi connectivity index (χ4v) is 6.00. The third-order valence-electron chi connectivity index (χ3n) is 5.41. The Bertz CT molecular complexity index is 1340. The summed E-state index contributed by atoms with van der Waals surface area (Å²) in [4.78, 5) is 36.7. The van der Waals surface area contributed by atoms with Crippen molar-refractivity contribution in [3.05, 3.63) is 57.3 Å². The van der Waals surface area contributed by atoms with Crippen molar-refractivity contribution >= 4 is 55.8 Å². The number of anilines is 1. The number of nitrogens with zero attached hydrogens (tertiary/aromatic N) is 3. The van der Waals surface area contributed by atoms with Crippen LogP contribution in [0.25, 0.3) is 21.1 Å². The average molecular weight is 437 g/mol. The summed E-state index contributed by atoms with van der Waals surface area (Å²) in [5, 5.41) is 5.19. The van der Waals surface area contributed by atoms with E-state index in [9.17, 15) is 9.59 Å². The Hall–Kier alpha value is -2.71. The Balaban J connectivity index is 1.37. The van der Waals surface area contributed by atoms with Crippen molar-refractivity contribution in [2.75, 3.05) is 11.1 Å². The van der Waals surface area contributed by atoms with E-state index in [1.54, 1.807) is 29.1 Å². The molecular formula is C22H20N4O2S2. The molecule has 0 saturated heterocycles. The Morgan fingerprint density at radius 2 is 2.10 bits per heavy atom. The molecule has 3 aromatic heterocycles. The summed E-state index contributed by atoms with van der Waals surface area (Å²) < 4.78 is 1.57. The summed E-state index contributed by atoms with van der Waals surface area (Å²) in [6.07, 6.45) is 6.02. The number of thiophene rings is 1. The SMILES string of the molecule is Cn1c(SCC(=O)Nc2cccc3ncccc23)nc2sc3c(c2c1=O)CCCC3. The molecule has 0 bridgehead atoms. The third-order valence-corrected chi connectivity index (χ3v) is 7.62. The van der Waals surface area contributed by atoms with Gasteiger partial charge in [0.1, 0.15) is 4.83 Å². The normalized spacial score (nSPS) is 13.5. The van der Waals surface area contributed by atoms with Gasteiger partial charge in [-0.1, -0.05) is 17.8 Å². The summed E-state index contributed by atoms with van der Waals surface area (Å²) in [7, 11) is 1.73. The first-order valence-electron chi connectivity index (χ1n) is 9.89. The van der Waals surface area contributed by atoms with Gasteiger partial charge < -0.3 is 5.32 Å². The molecule has 1 aliphatic carbocycles. The van der Waals surface area contributed by atoms with E-state index in [0.29, 0.717) is 5.16 Å². The molecule has 0 radical (unpaired) electrons. The van der Waals surface area contributed by atoms with E-state index in [1.165, 1.54) is 28.6 Å². The number of nitrogens with one attached hydrogen (secondary N) is 1. The Kier molecular flexibility index (Phi) is 5.04. The van der Waals surface area contributed by atoms with E-state index in [2.05, 4.69) is 10.3 Å². The van der Waals surface area contributed by atoms with Crippen LogP contribution in [0.15, 0.2) is 46.5 Å². The second kappa shape index (κ2) is 7.85. The topological polar surface area (TPSA) is 76.9 Å². The summed E-state index contributed by atoms with van der Waals surface area (Å²) in [5.74, 6) is 0.0317. The molecule has 0 fully saturated rings. The maximum Gasteiger partial charge on any atom is 0.262 e. The van der Waals surface area contributed by atoms with Gasteiger partial charge in [0.15, 0.2) is 5.16 Å². The number of carbonyl (C=O) groups excluding carboxylic acids is 1. The Morgan fingerprint density at radius 3 is 3.00 bits per heavy atom. The Morgan fingerprint density at radius 1 is 1.23 bits per heavy atom. The van der Waals surface area contributed by atoms with Crippen molar-refractivity contribution in [3.8, 4) is 0 Å². The molecule has 3 heterocycles. The van der Waals surface area contributed by atoms with Crippen LogP contribution < -0.4 is 10.9 Å². The molecule has 8 heteroatoms. The fraction of sp³-hybridized carbons (Fsp3) is 0.273. The lowest BCUT2D eigenvalue weighted by Gasteiger charge is -2.11. The van der Waals surface area contributed by atoms with Crippen LogP contribution in [-0.2, 0) is 24.7 Å². The standard InChI is InChI=1S/C22H20N4O2S2/c1-26-21(28)19-14-6-2-3-10-17(14)30-20(19)25-22(26)29-12-18(27)24-16-9-4-8-15-13(16)7-5-11-23-15/h4-5,7-9,11H,2-3,6,10,12H2,1H3,(H,24,27). The highest BCUT2D eigenvalue weighted by molar-refractivity contribution is 7.99. The minimum Gasteiger partial charge on any atom is -0.325 e. The molecule has 152 valence electrons. The number of thioether (sulfide) groups is 1. The smallest absolute Gasteiger partial charge is 0.262 e. The minimum atomic E-state index is -0.142. The summed E-state index contributed by atoms with van der Waals surface area (Å²) in [6.45, 7) is 0. The van der Waals surface area contributed by atoms with Gasteiger partial charge in [0.2, 0.25) is 5.91 Å². The lowest BCUT2D eigenvalue weighted by molar-refractivity contribution is -0.113. The number of pyridine rings is 1. The molecule has 5 rings (SSSR count). The van der Waals surface area contributed by atoms with Crippen LogP contribution in [-0.4, -0.2) is 26.2 Å². The first-order chi connectivity index (χ1) is 14.6. The maximum atomic E-state index is 13.0. The molecule has 1 aliphatic rings. The third kappa shape index (κ3) is 3.40. The van der Waals surface area contributed by atoms with Gasteiger partial charge in [-0.3, -0.25) is 19.1 Å². The van der Waals surface area contributed by atoms with E-state index in [4.69, 9.17) is 4.98 Å². The number of hydrogen-bond acceptors (Lipinski definition) is 6. The van der Waals surface area contributed by atoms with Gasteiger partial charge in [-0.05, 0) is 55.5 Å². The number of aryl methyl sites for hydroxylation is 2. The molecule has 4 aromatic rings. The van der Waals surface area contributed by atoms with Crippen LogP contribution in [0.1, 0.15) is 23.3 Å². The number of fused-ring (bicyclic) bond motifs is 4. The predicted octanol–water partition coefficient (Wildman–Crippen LogP) is 4.15. The van der Waals surface area contributed by atoms with Gasteiger partial charge in [0, 0.05) is 23.5 Å². The van der Waals surface area contributed by atoms with Crippen LogP contribution in [0.2, 0.25) is 0 Å². The van der Waals surface area contributed by atoms with E-state index in [0.717, 1.165) is 46.1 Å². The molecule has 0 aliphatic heterocycles. The summed E-state index contributed by atoms with van der Waals surface area (Å²) in [5.41, 5.74) is 2.74. The number of rotatable bonds is 4. The number of amides is 1. The molecule has 0 unspecified atom stereocenters. The Labute approximate surface area is 181 Å². The molecule has 0 atom stereocenters. The van der Waals surface area contributed by atoms with Crippen LogP contribution in [0.5, 0.6) is 0 Å². The van der Waals surface area contributed by atoms with E-state index in [1.807, 2.05) is 30.3 Å². The first kappa shape index (κ1) is 19.3. The number of carbonyl (C=O) groups is 1. The predicted molar refractivity (Wildman–Crippen MR) is 123 cm³/mol. The molecular weight excluding hydrogens is 416 g/mol. The lowest BCUT2D eigenvalue weighted by atomic mass is 9.97. The van der Waals surface area contributed by atoms with Gasteiger partial charge in [0.25, 0.3) is 5.56 Å². The van der Waals surface area contributed by atoms with Gasteiger partial charge in [-0.2, -0.15) is 0 Å². The number of benzene rings is 1. The van der Waals surface area contributed by atoms with Crippen LogP contribution in [0.4, 0.5) is 5.69 Å². The molecule has 6 nitrogen and oxygen atoms in total. The highest BCUT2D eigenvalue weighted by Crippen LogP contribution is 2.34. The average Bonchev–Trinajstić information content (AvgIpc) is 3.14. The number of hydrogen-bond donors (Lipinski definition) is 1. The zero-order valence-corrected chi connectivity index (χ0v) is 18.1. The molecule has 0 spiro atoms. The zero-order chi connectivity index (χ0) is 20.7. The van der Waals surface area contributed by atoms with Crippen molar-refractivity contribution < 1.29 is 4.79 Å². The monoisotopic (exact) mass is 436 g/mol. The van der Waals surface area contributed by atoms with E-state index in [-0.39, 0.29) is 17.2 Å². The largest absolute Gasteiger partial charge is 0.325 e. The van der Waals surface area contributed by atoms with Crippen molar-refractivity contribution in [1.82, 2.24) is 14.5 Å². The van der Waals surface area contributed by atoms with Crippen LogP contribution in [0, 0.1) is 0 Å². The highest BCUT2D eigenvalue weighted by atomic mass is 32.2. The summed E-state index contributed by atoms with van der Waals surface area (Å²) in [6, 6.07) is 9.43. The molecule has 1 aromatic carbocycles. The lowest BCUT2D eigenvalue weighted by Crippen LogP contribution is -2.22. The van der Waals surface area contributed by atoms with Crippen molar-refractivity contribution in [2.24, 2.45) is 7.05 Å². The van der Waals surface area contributed by atoms with Gasteiger partial charge in [-0.15, -0.1) is 11.3 Å². The van der Waals surface area contributed by atoms with Crippen molar-refractivity contribution in [2.45, 2.75) is 30.8 Å². The molecule has 30 heavy (non-hydrogen) atoms. The fourth-order valence-electron chi connectivity index (χ4n) is 3.93. The second-order valence-electron chi connectivity index (χ2n) is 7.36. The second-order valence-corrected chi connectivity index (χ2v) is 9.39. The molecule has 1 amide bonds. The van der Waals surface area contributed by atoms with Gasteiger partial charge in [0.05, 0.1) is 22.3 Å². The minimum absolute atomic E-state index is 0.0116. The van der Waals surface area contributed by atoms with Gasteiger partial charge >= 0.3 is 0 Å². The van der Waals surface area contributed by atoms with Gasteiger partial charge in [-0.25, -0.2) is 4.98 Å². The zero-order valence-electron chi connectivity index (χ0n) is 16.5. The van der Waals surface area contributed by atoms with Crippen LogP contribution in [0.3, 0.4) is 0 Å². The number of aromatic nitrogens is 3. The molecule has 0 saturated carbocycles.